The monoisotopic (exact) mass is 292 g/mol. The number of aromatic nitrogens is 1. The predicted molar refractivity (Wildman–Crippen MR) is 87.5 cm³/mol. The molecule has 1 aliphatic heterocycles. The number of nitrogens with zero attached hydrogens (tertiary/aromatic N) is 2. The summed E-state index contributed by atoms with van der Waals surface area (Å²) >= 11 is 0. The zero-order chi connectivity index (χ0) is 14.9. The topological polar surface area (TPSA) is 16.1 Å². The van der Waals surface area contributed by atoms with Crippen LogP contribution in [0.5, 0.6) is 0 Å². The summed E-state index contributed by atoms with van der Waals surface area (Å²) in [5.41, 5.74) is 4.54. The molecule has 1 aromatic heterocycles. The molecule has 0 bridgehead atoms. The molecule has 0 N–H and O–H groups in total. The number of para-hydroxylation sites is 1. The summed E-state index contributed by atoms with van der Waals surface area (Å²) in [4.78, 5) is 6.77. The summed E-state index contributed by atoms with van der Waals surface area (Å²) in [6.45, 7) is 1.80. The third kappa shape index (κ3) is 2.23. The highest BCUT2D eigenvalue weighted by Crippen LogP contribution is 2.29. The number of fused-ring (bicyclic) bond motifs is 2. The minimum atomic E-state index is -0.203. The van der Waals surface area contributed by atoms with E-state index in [2.05, 4.69) is 34.1 Å². The largest absolute Gasteiger partial charge is 0.367 e. The summed E-state index contributed by atoms with van der Waals surface area (Å²) in [5, 5.41) is 0.602. The number of aryl methyl sites for hydroxylation is 1. The normalized spacial score (nSPS) is 14.1. The number of hydrogen-bond donors (Lipinski definition) is 0. The van der Waals surface area contributed by atoms with Gasteiger partial charge in [0.2, 0.25) is 0 Å². The van der Waals surface area contributed by atoms with Gasteiger partial charge in [0.25, 0.3) is 0 Å². The molecule has 0 fully saturated rings. The first-order valence-electron chi connectivity index (χ1n) is 7.68. The van der Waals surface area contributed by atoms with Crippen LogP contribution >= 0.6 is 0 Å². The fourth-order valence-corrected chi connectivity index (χ4v) is 3.31. The Labute approximate surface area is 129 Å². The molecule has 0 amide bonds. The van der Waals surface area contributed by atoms with E-state index in [0.717, 1.165) is 37.0 Å². The Kier molecular flexibility index (Phi) is 3.26. The van der Waals surface area contributed by atoms with E-state index in [9.17, 15) is 4.39 Å². The van der Waals surface area contributed by atoms with Gasteiger partial charge in [-0.1, -0.05) is 24.3 Å². The van der Waals surface area contributed by atoms with Crippen molar-refractivity contribution in [2.24, 2.45) is 0 Å². The Balaban J connectivity index is 1.75. The maximum absolute atomic E-state index is 13.9. The van der Waals surface area contributed by atoms with Crippen molar-refractivity contribution in [3.05, 3.63) is 71.7 Å². The van der Waals surface area contributed by atoms with Gasteiger partial charge in [0.1, 0.15) is 5.82 Å². The fraction of sp³-hybridized carbons (Fsp3) is 0.211. The van der Waals surface area contributed by atoms with Crippen molar-refractivity contribution in [2.45, 2.75) is 19.4 Å². The van der Waals surface area contributed by atoms with Crippen molar-refractivity contribution >= 4 is 16.6 Å². The summed E-state index contributed by atoms with van der Waals surface area (Å²) in [6.07, 6.45) is 4.02. The molecule has 3 heteroatoms. The molecule has 0 atom stereocenters. The number of anilines is 1. The molecule has 3 aromatic rings. The average Bonchev–Trinajstić information content (AvgIpc) is 2.58. The van der Waals surface area contributed by atoms with Crippen LogP contribution in [-0.2, 0) is 13.0 Å². The number of pyridine rings is 1. The summed E-state index contributed by atoms with van der Waals surface area (Å²) in [5.74, 6) is -0.203. The molecule has 110 valence electrons. The van der Waals surface area contributed by atoms with Crippen molar-refractivity contribution in [1.82, 2.24) is 4.98 Å². The molecular formula is C19H17FN2. The Hall–Kier alpha value is -2.42. The third-order valence-corrected chi connectivity index (χ3v) is 4.37. The van der Waals surface area contributed by atoms with Crippen LogP contribution in [0, 0.1) is 5.82 Å². The molecule has 0 unspecified atom stereocenters. The van der Waals surface area contributed by atoms with Gasteiger partial charge in [-0.15, -0.1) is 0 Å². The lowest BCUT2D eigenvalue weighted by Gasteiger charge is -2.31. The summed E-state index contributed by atoms with van der Waals surface area (Å²) < 4.78 is 13.9. The van der Waals surface area contributed by atoms with Gasteiger partial charge in [0.05, 0.1) is 5.52 Å². The van der Waals surface area contributed by atoms with E-state index in [4.69, 9.17) is 0 Å². The van der Waals surface area contributed by atoms with Crippen molar-refractivity contribution in [3.63, 3.8) is 0 Å². The molecule has 4 rings (SSSR count). The number of halogens is 1. The van der Waals surface area contributed by atoms with E-state index in [1.54, 1.807) is 24.4 Å². The zero-order valence-electron chi connectivity index (χ0n) is 12.3. The van der Waals surface area contributed by atoms with Crippen molar-refractivity contribution < 1.29 is 4.39 Å². The van der Waals surface area contributed by atoms with Crippen molar-refractivity contribution in [3.8, 4) is 0 Å². The molecule has 0 saturated heterocycles. The van der Waals surface area contributed by atoms with Gasteiger partial charge in [0, 0.05) is 30.4 Å². The Bertz CT molecular complexity index is 829. The predicted octanol–water partition coefficient (Wildman–Crippen LogP) is 4.33. The van der Waals surface area contributed by atoms with Gasteiger partial charge in [0.15, 0.2) is 0 Å². The fourth-order valence-electron chi connectivity index (χ4n) is 3.31. The molecule has 0 spiro atoms. The van der Waals surface area contributed by atoms with Gasteiger partial charge in [-0.25, -0.2) is 4.39 Å². The Morgan fingerprint density at radius 2 is 1.95 bits per heavy atom. The molecular weight excluding hydrogens is 275 g/mol. The van der Waals surface area contributed by atoms with Crippen LogP contribution in [-0.4, -0.2) is 11.5 Å². The van der Waals surface area contributed by atoms with Gasteiger partial charge < -0.3 is 4.90 Å². The van der Waals surface area contributed by atoms with E-state index in [1.807, 2.05) is 6.07 Å². The SMILES string of the molecule is Fc1ccc(CN2CCCc3ccccc32)c2ncccc12. The van der Waals surface area contributed by atoms with Crippen LogP contribution < -0.4 is 4.90 Å². The highest BCUT2D eigenvalue weighted by atomic mass is 19.1. The van der Waals surface area contributed by atoms with Crippen LogP contribution in [0.2, 0.25) is 0 Å². The second kappa shape index (κ2) is 5.41. The van der Waals surface area contributed by atoms with E-state index < -0.39 is 0 Å². The maximum atomic E-state index is 13.9. The third-order valence-electron chi connectivity index (χ3n) is 4.37. The molecule has 2 nitrogen and oxygen atoms in total. The van der Waals surface area contributed by atoms with E-state index >= 15 is 0 Å². The Morgan fingerprint density at radius 3 is 2.91 bits per heavy atom. The lowest BCUT2D eigenvalue weighted by atomic mass is 10.0. The van der Waals surface area contributed by atoms with Crippen LogP contribution in [0.4, 0.5) is 10.1 Å². The van der Waals surface area contributed by atoms with Gasteiger partial charge in [-0.3, -0.25) is 4.98 Å². The minimum absolute atomic E-state index is 0.203. The maximum Gasteiger partial charge on any atom is 0.132 e. The van der Waals surface area contributed by atoms with E-state index in [1.165, 1.54) is 11.3 Å². The molecule has 0 radical (unpaired) electrons. The van der Waals surface area contributed by atoms with Crippen molar-refractivity contribution in [2.75, 3.05) is 11.4 Å². The number of rotatable bonds is 2. The number of benzene rings is 2. The lowest BCUT2D eigenvalue weighted by Crippen LogP contribution is -2.28. The van der Waals surface area contributed by atoms with E-state index in [-0.39, 0.29) is 5.82 Å². The first-order chi connectivity index (χ1) is 10.8. The van der Waals surface area contributed by atoms with Crippen LogP contribution in [0.3, 0.4) is 0 Å². The smallest absolute Gasteiger partial charge is 0.132 e. The lowest BCUT2D eigenvalue weighted by molar-refractivity contribution is 0.638. The molecule has 22 heavy (non-hydrogen) atoms. The van der Waals surface area contributed by atoms with E-state index in [0.29, 0.717) is 5.39 Å². The minimum Gasteiger partial charge on any atom is -0.367 e. The molecule has 2 heterocycles. The molecule has 0 saturated carbocycles. The van der Waals surface area contributed by atoms with Crippen LogP contribution in [0.1, 0.15) is 17.5 Å². The first-order valence-corrected chi connectivity index (χ1v) is 7.68. The molecule has 1 aliphatic rings. The van der Waals surface area contributed by atoms with Gasteiger partial charge >= 0.3 is 0 Å². The van der Waals surface area contributed by atoms with Crippen LogP contribution in [0.15, 0.2) is 54.7 Å². The van der Waals surface area contributed by atoms with Crippen molar-refractivity contribution in [1.29, 1.82) is 0 Å². The average molecular weight is 292 g/mol. The summed E-state index contributed by atoms with van der Waals surface area (Å²) in [6, 6.07) is 15.5. The Morgan fingerprint density at radius 1 is 1.05 bits per heavy atom. The molecule has 0 aliphatic carbocycles. The quantitative estimate of drug-likeness (QED) is 0.699. The second-order valence-electron chi connectivity index (χ2n) is 5.76. The highest BCUT2D eigenvalue weighted by molar-refractivity contribution is 5.82. The first kappa shape index (κ1) is 13.3. The van der Waals surface area contributed by atoms with Crippen LogP contribution in [0.25, 0.3) is 10.9 Å². The second-order valence-corrected chi connectivity index (χ2v) is 5.76. The zero-order valence-corrected chi connectivity index (χ0v) is 12.3. The van der Waals surface area contributed by atoms with Gasteiger partial charge in [-0.05, 0) is 48.2 Å². The standard InChI is InChI=1S/C19H17FN2/c20-17-10-9-15(19-16(17)7-3-11-21-19)13-22-12-4-6-14-5-1-2-8-18(14)22/h1-3,5,7-11H,4,6,12-13H2. The summed E-state index contributed by atoms with van der Waals surface area (Å²) in [7, 11) is 0. The molecule has 2 aromatic carbocycles. The highest BCUT2D eigenvalue weighted by Gasteiger charge is 2.17. The van der Waals surface area contributed by atoms with Gasteiger partial charge in [-0.2, -0.15) is 0 Å². The number of hydrogen-bond acceptors (Lipinski definition) is 2.